The van der Waals surface area contributed by atoms with E-state index in [9.17, 15) is 8.42 Å². The first-order valence-electron chi connectivity index (χ1n) is 5.61. The van der Waals surface area contributed by atoms with E-state index < -0.39 is 10.0 Å². The summed E-state index contributed by atoms with van der Waals surface area (Å²) < 4.78 is 33.5. The van der Waals surface area contributed by atoms with Crippen molar-refractivity contribution in [3.05, 3.63) is 39.4 Å². The number of ether oxygens (including phenoxy) is 1. The lowest BCUT2D eigenvalue weighted by atomic mass is 10.3. The number of sulfonamides is 1. The fraction of sp³-hybridized carbons (Fsp3) is 0.0833. The fourth-order valence-electron chi connectivity index (χ4n) is 1.58. The first-order valence-corrected chi connectivity index (χ1v) is 8.68. The molecule has 2 aromatic rings. The van der Waals surface area contributed by atoms with Gasteiger partial charge in [0.1, 0.15) is 16.5 Å². The summed E-state index contributed by atoms with van der Waals surface area (Å²) in [6, 6.07) is 6.23. The summed E-state index contributed by atoms with van der Waals surface area (Å²) >= 11 is 6.47. The molecule has 0 aliphatic rings. The van der Waals surface area contributed by atoms with Crippen LogP contribution in [0, 0.1) is 0 Å². The SMILES string of the molecule is COc1cc(NS(=O)(=O)c2cc(Br)cnc2N)ccc1Br. The van der Waals surface area contributed by atoms with Crippen LogP contribution in [-0.4, -0.2) is 20.5 Å². The summed E-state index contributed by atoms with van der Waals surface area (Å²) in [5, 5.41) is 0. The van der Waals surface area contributed by atoms with E-state index in [0.29, 0.717) is 15.9 Å². The van der Waals surface area contributed by atoms with Crippen LogP contribution in [0.2, 0.25) is 0 Å². The number of nitrogens with two attached hydrogens (primary N) is 1. The fourth-order valence-corrected chi connectivity index (χ4v) is 3.63. The predicted octanol–water partition coefficient (Wildman–Crippen LogP) is 3.00. The summed E-state index contributed by atoms with van der Waals surface area (Å²) in [5.74, 6) is 0.435. The van der Waals surface area contributed by atoms with Crippen LogP contribution in [0.3, 0.4) is 0 Å². The first kappa shape index (κ1) is 16.1. The van der Waals surface area contributed by atoms with Crippen LogP contribution in [0.1, 0.15) is 0 Å². The minimum Gasteiger partial charge on any atom is -0.495 e. The van der Waals surface area contributed by atoms with Crippen LogP contribution in [-0.2, 0) is 10.0 Å². The third-order valence-corrected chi connectivity index (χ3v) is 5.04. The molecular weight excluding hydrogens is 426 g/mol. The second kappa shape index (κ2) is 6.20. The van der Waals surface area contributed by atoms with Gasteiger partial charge >= 0.3 is 0 Å². The van der Waals surface area contributed by atoms with E-state index in [0.717, 1.165) is 4.47 Å². The van der Waals surface area contributed by atoms with Gasteiger partial charge in [-0.05, 0) is 50.1 Å². The average Bonchev–Trinajstić information content (AvgIpc) is 2.43. The zero-order valence-electron chi connectivity index (χ0n) is 10.8. The zero-order valence-corrected chi connectivity index (χ0v) is 14.8. The maximum absolute atomic E-state index is 12.4. The van der Waals surface area contributed by atoms with Gasteiger partial charge in [-0.2, -0.15) is 0 Å². The van der Waals surface area contributed by atoms with Gasteiger partial charge in [0.05, 0.1) is 17.3 Å². The third-order valence-electron chi connectivity index (χ3n) is 2.54. The monoisotopic (exact) mass is 435 g/mol. The van der Waals surface area contributed by atoms with Crippen molar-refractivity contribution in [1.82, 2.24) is 4.98 Å². The minimum absolute atomic E-state index is 0.0743. The van der Waals surface area contributed by atoms with Gasteiger partial charge in [0.25, 0.3) is 10.0 Å². The van der Waals surface area contributed by atoms with Crippen molar-refractivity contribution in [3.8, 4) is 5.75 Å². The van der Waals surface area contributed by atoms with Crippen molar-refractivity contribution in [3.63, 3.8) is 0 Å². The van der Waals surface area contributed by atoms with Gasteiger partial charge in [0.2, 0.25) is 0 Å². The smallest absolute Gasteiger partial charge is 0.265 e. The molecule has 0 saturated heterocycles. The molecule has 6 nitrogen and oxygen atoms in total. The highest BCUT2D eigenvalue weighted by Crippen LogP contribution is 2.30. The van der Waals surface area contributed by atoms with Gasteiger partial charge in [-0.3, -0.25) is 4.72 Å². The standard InChI is InChI=1S/C12H11Br2N3O3S/c1-20-10-5-8(2-3-9(10)14)17-21(18,19)11-4-7(13)6-16-12(11)15/h2-6,17H,1H3,(H2,15,16). The summed E-state index contributed by atoms with van der Waals surface area (Å²) in [6.07, 6.45) is 1.43. The molecule has 0 bridgehead atoms. The number of benzene rings is 1. The zero-order chi connectivity index (χ0) is 15.6. The van der Waals surface area contributed by atoms with E-state index >= 15 is 0 Å². The molecule has 1 aromatic heterocycles. The molecule has 0 aliphatic heterocycles. The molecule has 0 atom stereocenters. The number of nitrogens with zero attached hydrogens (tertiary/aromatic N) is 1. The number of anilines is 2. The Morgan fingerprint density at radius 3 is 2.67 bits per heavy atom. The van der Waals surface area contributed by atoms with Gasteiger partial charge in [0.15, 0.2) is 0 Å². The highest BCUT2D eigenvalue weighted by atomic mass is 79.9. The Labute approximate surface area is 139 Å². The van der Waals surface area contributed by atoms with Crippen LogP contribution in [0.25, 0.3) is 0 Å². The number of rotatable bonds is 4. The molecule has 0 fully saturated rings. The number of hydrogen-bond acceptors (Lipinski definition) is 5. The summed E-state index contributed by atoms with van der Waals surface area (Å²) in [5.41, 5.74) is 5.98. The van der Waals surface area contributed by atoms with Crippen molar-refractivity contribution in [2.75, 3.05) is 17.6 Å². The van der Waals surface area contributed by atoms with Crippen LogP contribution < -0.4 is 15.2 Å². The maximum atomic E-state index is 12.4. The molecule has 2 rings (SSSR count). The van der Waals surface area contributed by atoms with Gasteiger partial charge < -0.3 is 10.5 Å². The molecule has 3 N–H and O–H groups in total. The van der Waals surface area contributed by atoms with E-state index in [1.807, 2.05) is 0 Å². The third kappa shape index (κ3) is 3.66. The number of pyridine rings is 1. The second-order valence-corrected chi connectivity index (χ2v) is 7.41. The number of methoxy groups -OCH3 is 1. The first-order chi connectivity index (χ1) is 9.83. The van der Waals surface area contributed by atoms with Crippen molar-refractivity contribution in [2.45, 2.75) is 4.90 Å². The molecule has 0 spiro atoms. The Bertz CT molecular complexity index is 781. The van der Waals surface area contributed by atoms with Crippen molar-refractivity contribution < 1.29 is 13.2 Å². The molecule has 0 radical (unpaired) electrons. The lowest BCUT2D eigenvalue weighted by Gasteiger charge is -2.11. The highest BCUT2D eigenvalue weighted by molar-refractivity contribution is 9.10. The Hall–Kier alpha value is -1.32. The van der Waals surface area contributed by atoms with E-state index in [2.05, 4.69) is 41.6 Å². The van der Waals surface area contributed by atoms with Crippen LogP contribution in [0.5, 0.6) is 5.75 Å². The normalized spacial score (nSPS) is 11.2. The number of hydrogen-bond donors (Lipinski definition) is 2. The number of aromatic nitrogens is 1. The molecule has 9 heteroatoms. The molecule has 1 heterocycles. The summed E-state index contributed by atoms with van der Waals surface area (Å²) in [7, 11) is -2.35. The minimum atomic E-state index is -3.84. The molecule has 112 valence electrons. The quantitative estimate of drug-likeness (QED) is 0.768. The molecule has 1 aromatic carbocycles. The highest BCUT2D eigenvalue weighted by Gasteiger charge is 2.19. The Morgan fingerprint density at radius 2 is 2.00 bits per heavy atom. The Balaban J connectivity index is 2.40. The molecule has 0 saturated carbocycles. The van der Waals surface area contributed by atoms with E-state index in [1.165, 1.54) is 19.4 Å². The van der Waals surface area contributed by atoms with Crippen molar-refractivity contribution >= 4 is 53.4 Å². The van der Waals surface area contributed by atoms with Crippen LogP contribution in [0.15, 0.2) is 44.3 Å². The number of nitrogen functional groups attached to an aromatic ring is 1. The van der Waals surface area contributed by atoms with Gasteiger partial charge in [-0.1, -0.05) is 0 Å². The van der Waals surface area contributed by atoms with Crippen molar-refractivity contribution in [1.29, 1.82) is 0 Å². The van der Waals surface area contributed by atoms with Gasteiger partial charge in [-0.25, -0.2) is 13.4 Å². The van der Waals surface area contributed by atoms with E-state index in [1.54, 1.807) is 18.2 Å². The second-order valence-electron chi connectivity index (χ2n) is 3.99. The summed E-state index contributed by atoms with van der Waals surface area (Å²) in [6.45, 7) is 0. The average molecular weight is 437 g/mol. The predicted molar refractivity (Wildman–Crippen MR) is 87.9 cm³/mol. The van der Waals surface area contributed by atoms with Crippen LogP contribution in [0.4, 0.5) is 11.5 Å². The van der Waals surface area contributed by atoms with Crippen LogP contribution >= 0.6 is 31.9 Å². The largest absolute Gasteiger partial charge is 0.495 e. The van der Waals surface area contributed by atoms with E-state index in [-0.39, 0.29) is 10.7 Å². The molecule has 21 heavy (non-hydrogen) atoms. The van der Waals surface area contributed by atoms with Crippen molar-refractivity contribution in [2.24, 2.45) is 0 Å². The summed E-state index contributed by atoms with van der Waals surface area (Å²) in [4.78, 5) is 3.72. The molecule has 0 aliphatic carbocycles. The lowest BCUT2D eigenvalue weighted by Crippen LogP contribution is -2.15. The Kier molecular flexibility index (Phi) is 4.74. The lowest BCUT2D eigenvalue weighted by molar-refractivity contribution is 0.412. The molecular formula is C12H11Br2N3O3S. The maximum Gasteiger partial charge on any atom is 0.265 e. The number of halogens is 2. The van der Waals surface area contributed by atoms with Gasteiger partial charge in [-0.15, -0.1) is 0 Å². The number of nitrogens with one attached hydrogen (secondary N) is 1. The molecule has 0 unspecified atom stereocenters. The van der Waals surface area contributed by atoms with E-state index in [4.69, 9.17) is 10.5 Å². The molecule has 0 amide bonds. The van der Waals surface area contributed by atoms with Gasteiger partial charge in [0, 0.05) is 16.7 Å². The topological polar surface area (TPSA) is 94.3 Å². The Morgan fingerprint density at radius 1 is 1.29 bits per heavy atom.